The van der Waals surface area contributed by atoms with Crippen molar-refractivity contribution >= 4 is 5.97 Å². The van der Waals surface area contributed by atoms with Crippen LogP contribution in [0.2, 0.25) is 0 Å². The van der Waals surface area contributed by atoms with Crippen LogP contribution in [0, 0.1) is 11.8 Å². The van der Waals surface area contributed by atoms with Crippen LogP contribution >= 0.6 is 0 Å². The van der Waals surface area contributed by atoms with E-state index in [1.54, 1.807) is 0 Å². The minimum absolute atomic E-state index is 0.0334. The van der Waals surface area contributed by atoms with E-state index in [9.17, 15) is 15.0 Å². The molecule has 3 rings (SSSR count). The van der Waals surface area contributed by atoms with Gasteiger partial charge >= 0.3 is 5.97 Å². The van der Waals surface area contributed by atoms with E-state index >= 15 is 0 Å². The Bertz CT molecular complexity index is 577. The molecule has 3 saturated heterocycles. The van der Waals surface area contributed by atoms with E-state index in [1.165, 1.54) is 0 Å². The second-order valence-electron chi connectivity index (χ2n) is 9.42. The summed E-state index contributed by atoms with van der Waals surface area (Å²) in [5.41, 5.74) is 0. The fourth-order valence-electron chi connectivity index (χ4n) is 4.39. The van der Waals surface area contributed by atoms with Gasteiger partial charge in [-0.15, -0.1) is 0 Å². The average molecular weight is 433 g/mol. The number of carbonyl (C=O) groups is 1. The van der Waals surface area contributed by atoms with Crippen LogP contribution in [-0.2, 0) is 28.5 Å². The molecule has 0 unspecified atom stereocenters. The quantitative estimate of drug-likeness (QED) is 0.638. The van der Waals surface area contributed by atoms with E-state index in [0.717, 1.165) is 6.42 Å². The summed E-state index contributed by atoms with van der Waals surface area (Å²) in [5.74, 6) is -1.46. The normalized spacial score (nSPS) is 38.8. The summed E-state index contributed by atoms with van der Waals surface area (Å²) < 4.78 is 27.8. The smallest absolute Gasteiger partial charge is 0.338 e. The molecule has 3 heterocycles. The van der Waals surface area contributed by atoms with Gasteiger partial charge in [-0.2, -0.15) is 0 Å². The Balaban J connectivity index is 0.000000214. The summed E-state index contributed by atoms with van der Waals surface area (Å²) in [7, 11) is 0. The van der Waals surface area contributed by atoms with Gasteiger partial charge in [0.2, 0.25) is 0 Å². The second kappa shape index (κ2) is 9.79. The molecule has 3 fully saturated rings. The molecular weight excluding hydrogens is 392 g/mol. The Morgan fingerprint density at radius 2 is 1.60 bits per heavy atom. The largest absolute Gasteiger partial charge is 0.460 e. The third-order valence-corrected chi connectivity index (χ3v) is 6.08. The van der Waals surface area contributed by atoms with Crippen molar-refractivity contribution in [2.75, 3.05) is 6.61 Å². The zero-order chi connectivity index (χ0) is 22.9. The Labute approximate surface area is 180 Å². The molecule has 0 aliphatic carbocycles. The molecule has 0 aromatic heterocycles. The summed E-state index contributed by atoms with van der Waals surface area (Å²) in [6.07, 6.45) is -0.238. The predicted octanol–water partition coefficient (Wildman–Crippen LogP) is 2.38. The molecule has 176 valence electrons. The van der Waals surface area contributed by atoms with Crippen molar-refractivity contribution in [1.82, 2.24) is 0 Å². The lowest BCUT2D eigenvalue weighted by Crippen LogP contribution is -2.49. The molecule has 2 N–H and O–H groups in total. The maximum Gasteiger partial charge on any atom is 0.338 e. The highest BCUT2D eigenvalue weighted by Gasteiger charge is 2.53. The van der Waals surface area contributed by atoms with Crippen molar-refractivity contribution in [1.29, 1.82) is 0 Å². The van der Waals surface area contributed by atoms with Crippen LogP contribution in [0.15, 0.2) is 0 Å². The van der Waals surface area contributed by atoms with Gasteiger partial charge in [0.05, 0.1) is 18.8 Å². The summed E-state index contributed by atoms with van der Waals surface area (Å²) in [6, 6.07) is 0. The highest BCUT2D eigenvalue weighted by Crippen LogP contribution is 2.38. The summed E-state index contributed by atoms with van der Waals surface area (Å²) in [6.45, 7) is 15.1. The standard InChI is InChI=1S/C11H18O4.C11H22O4/c1-5-7-6(2)8-9(10(12)13-7)15-11(3,4)14-8;1-5-8(13)7(2)10-9(6-12)14-11(3,4)15-10/h6-9H,5H2,1-4H3;7-10,12-13H,5-6H2,1-4H3/t6-,7-,8+,9+;7-,8-,9-,10+/m00/s1. The molecule has 8 nitrogen and oxygen atoms in total. The monoisotopic (exact) mass is 432 g/mol. The van der Waals surface area contributed by atoms with E-state index in [1.807, 2.05) is 55.4 Å². The van der Waals surface area contributed by atoms with Crippen LogP contribution in [0.25, 0.3) is 0 Å². The predicted molar refractivity (Wildman–Crippen MR) is 110 cm³/mol. The minimum Gasteiger partial charge on any atom is -0.460 e. The second-order valence-corrected chi connectivity index (χ2v) is 9.42. The highest BCUT2D eigenvalue weighted by molar-refractivity contribution is 5.77. The van der Waals surface area contributed by atoms with Crippen LogP contribution in [0.4, 0.5) is 0 Å². The molecule has 30 heavy (non-hydrogen) atoms. The number of hydrogen-bond donors (Lipinski definition) is 2. The van der Waals surface area contributed by atoms with Gasteiger partial charge in [0.1, 0.15) is 18.3 Å². The van der Waals surface area contributed by atoms with Gasteiger partial charge in [-0.25, -0.2) is 4.79 Å². The summed E-state index contributed by atoms with van der Waals surface area (Å²) >= 11 is 0. The number of aliphatic hydroxyl groups is 2. The molecular formula is C22H40O8. The molecule has 8 heteroatoms. The maximum atomic E-state index is 11.7. The molecule has 0 spiro atoms. The maximum absolute atomic E-state index is 11.7. The van der Waals surface area contributed by atoms with Crippen LogP contribution < -0.4 is 0 Å². The first kappa shape index (κ1) is 25.5. The van der Waals surface area contributed by atoms with Crippen molar-refractivity contribution in [3.63, 3.8) is 0 Å². The van der Waals surface area contributed by atoms with Gasteiger partial charge in [0, 0.05) is 11.8 Å². The Morgan fingerprint density at radius 1 is 1.00 bits per heavy atom. The highest BCUT2D eigenvalue weighted by atomic mass is 16.8. The van der Waals surface area contributed by atoms with Crippen molar-refractivity contribution < 1.29 is 38.7 Å². The van der Waals surface area contributed by atoms with Gasteiger partial charge in [0.15, 0.2) is 17.7 Å². The number of cyclic esters (lactones) is 1. The number of aliphatic hydroxyl groups excluding tert-OH is 2. The number of hydrogen-bond acceptors (Lipinski definition) is 8. The fourth-order valence-corrected chi connectivity index (χ4v) is 4.39. The van der Waals surface area contributed by atoms with Gasteiger partial charge in [0.25, 0.3) is 0 Å². The van der Waals surface area contributed by atoms with Crippen LogP contribution in [0.1, 0.15) is 68.2 Å². The zero-order valence-corrected chi connectivity index (χ0v) is 19.6. The topological polar surface area (TPSA) is 104 Å². The van der Waals surface area contributed by atoms with E-state index in [4.69, 9.17) is 23.7 Å². The summed E-state index contributed by atoms with van der Waals surface area (Å²) in [4.78, 5) is 11.7. The summed E-state index contributed by atoms with van der Waals surface area (Å²) in [5, 5.41) is 18.9. The molecule has 0 aromatic carbocycles. The van der Waals surface area contributed by atoms with Crippen LogP contribution in [0.5, 0.6) is 0 Å². The van der Waals surface area contributed by atoms with E-state index in [2.05, 4.69) is 0 Å². The van der Waals surface area contributed by atoms with Gasteiger partial charge in [-0.05, 0) is 40.5 Å². The Morgan fingerprint density at radius 3 is 2.13 bits per heavy atom. The first-order valence-corrected chi connectivity index (χ1v) is 11.1. The number of ether oxygens (including phenoxy) is 5. The zero-order valence-electron chi connectivity index (χ0n) is 19.6. The lowest BCUT2D eigenvalue weighted by atomic mass is 9.90. The Kier molecular flexibility index (Phi) is 8.32. The van der Waals surface area contributed by atoms with E-state index < -0.39 is 23.8 Å². The molecule has 0 aromatic rings. The fraction of sp³-hybridized carbons (Fsp3) is 0.955. The number of carbonyl (C=O) groups excluding carboxylic acids is 1. The average Bonchev–Trinajstić information content (AvgIpc) is 3.19. The lowest BCUT2D eigenvalue weighted by molar-refractivity contribution is -0.177. The lowest BCUT2D eigenvalue weighted by Gasteiger charge is -2.34. The SMILES string of the molecule is CC[C@@H]1OC(=O)[C@@H]2OC(C)(C)O[C@@H]2[C@H]1C.CC[C@H](O)[C@H](C)[C@H]1OC(C)(C)O[C@H]1CO. The first-order chi connectivity index (χ1) is 13.9. The minimum atomic E-state index is -0.675. The molecule has 0 saturated carbocycles. The molecule has 3 aliphatic rings. The van der Waals surface area contributed by atoms with Crippen molar-refractivity contribution in [3.05, 3.63) is 0 Å². The van der Waals surface area contributed by atoms with Gasteiger partial charge < -0.3 is 33.9 Å². The van der Waals surface area contributed by atoms with Crippen molar-refractivity contribution in [2.24, 2.45) is 11.8 Å². The molecule has 8 atom stereocenters. The van der Waals surface area contributed by atoms with Crippen molar-refractivity contribution in [3.8, 4) is 0 Å². The van der Waals surface area contributed by atoms with Crippen molar-refractivity contribution in [2.45, 2.75) is 116 Å². The Hall–Kier alpha value is -0.770. The third-order valence-electron chi connectivity index (χ3n) is 6.08. The third kappa shape index (κ3) is 5.72. The number of fused-ring (bicyclic) bond motifs is 1. The van der Waals surface area contributed by atoms with Crippen LogP contribution in [-0.4, -0.2) is 71.0 Å². The molecule has 0 radical (unpaired) electrons. The molecule has 0 amide bonds. The van der Waals surface area contributed by atoms with E-state index in [-0.39, 0.29) is 48.8 Å². The van der Waals surface area contributed by atoms with Gasteiger partial charge in [-0.1, -0.05) is 27.7 Å². The number of esters is 1. The molecule has 0 bridgehead atoms. The molecule has 3 aliphatic heterocycles. The van der Waals surface area contributed by atoms with Crippen LogP contribution in [0.3, 0.4) is 0 Å². The number of rotatable bonds is 5. The van der Waals surface area contributed by atoms with Gasteiger partial charge in [-0.3, -0.25) is 0 Å². The first-order valence-electron chi connectivity index (χ1n) is 11.1. The van der Waals surface area contributed by atoms with E-state index in [0.29, 0.717) is 6.42 Å².